The molecule has 0 aromatic carbocycles. The molecule has 1 amide bonds. The van der Waals surface area contributed by atoms with Gasteiger partial charge in [0, 0.05) is 50.9 Å². The van der Waals surface area contributed by atoms with Gasteiger partial charge in [-0.05, 0) is 37.4 Å². The van der Waals surface area contributed by atoms with E-state index in [9.17, 15) is 9.90 Å². The van der Waals surface area contributed by atoms with Crippen molar-refractivity contribution in [3.8, 4) is 0 Å². The predicted octanol–water partition coefficient (Wildman–Crippen LogP) is 1.53. The Morgan fingerprint density at radius 2 is 1.85 bits per heavy atom. The minimum atomic E-state index is -0.803. The van der Waals surface area contributed by atoms with Crippen LogP contribution in [-0.2, 0) is 11.2 Å². The van der Waals surface area contributed by atoms with Crippen LogP contribution in [-0.4, -0.2) is 77.2 Å². The molecule has 3 saturated heterocycles. The van der Waals surface area contributed by atoms with Gasteiger partial charge in [-0.2, -0.15) is 0 Å². The molecule has 148 valence electrons. The number of nitrogens with zero attached hydrogens (tertiary/aromatic N) is 4. The van der Waals surface area contributed by atoms with Gasteiger partial charge in [0.1, 0.15) is 5.82 Å². The summed E-state index contributed by atoms with van der Waals surface area (Å²) in [5.41, 5.74) is 0.703. The molecular weight excluding hydrogens is 340 g/mol. The number of carbonyl (C=O) groups is 1. The zero-order chi connectivity index (χ0) is 19.1. The third-order valence-electron chi connectivity index (χ3n) is 6.71. The second-order valence-electron chi connectivity index (χ2n) is 8.82. The molecule has 0 saturated carbocycles. The fourth-order valence-electron chi connectivity index (χ4n) is 4.73. The number of aromatic nitrogens is 1. The van der Waals surface area contributed by atoms with Crippen LogP contribution in [0.3, 0.4) is 0 Å². The Labute approximate surface area is 162 Å². The van der Waals surface area contributed by atoms with Gasteiger partial charge in [0.2, 0.25) is 5.91 Å². The molecule has 0 bridgehead atoms. The third kappa shape index (κ3) is 3.69. The van der Waals surface area contributed by atoms with E-state index in [1.54, 1.807) is 0 Å². The summed E-state index contributed by atoms with van der Waals surface area (Å²) in [5, 5.41) is 10.8. The Balaban J connectivity index is 1.23. The average Bonchev–Trinajstić information content (AvgIpc) is 2.60. The van der Waals surface area contributed by atoms with Crippen molar-refractivity contribution >= 4 is 11.7 Å². The van der Waals surface area contributed by atoms with E-state index in [0.717, 1.165) is 58.1 Å². The van der Waals surface area contributed by atoms with E-state index in [0.29, 0.717) is 12.8 Å². The number of anilines is 1. The second kappa shape index (κ2) is 7.06. The predicted molar refractivity (Wildman–Crippen MR) is 106 cm³/mol. The molecule has 27 heavy (non-hydrogen) atoms. The fourth-order valence-corrected chi connectivity index (χ4v) is 4.73. The molecule has 0 atom stereocenters. The number of aliphatic hydroxyl groups is 1. The zero-order valence-electron chi connectivity index (χ0n) is 16.7. The van der Waals surface area contributed by atoms with E-state index in [-0.39, 0.29) is 17.7 Å². The van der Waals surface area contributed by atoms with Gasteiger partial charge < -0.3 is 19.8 Å². The van der Waals surface area contributed by atoms with Crippen LogP contribution < -0.4 is 4.90 Å². The van der Waals surface area contributed by atoms with Gasteiger partial charge in [-0.3, -0.25) is 4.79 Å². The number of rotatable bonds is 5. The lowest BCUT2D eigenvalue weighted by atomic mass is 9.72. The van der Waals surface area contributed by atoms with Crippen LogP contribution in [0, 0.1) is 5.41 Å². The Bertz CT molecular complexity index is 668. The lowest BCUT2D eigenvalue weighted by molar-refractivity contribution is -0.152. The lowest BCUT2D eigenvalue weighted by Gasteiger charge is -2.60. The largest absolute Gasteiger partial charge is 0.389 e. The summed E-state index contributed by atoms with van der Waals surface area (Å²) in [6.07, 6.45) is 4.67. The number of amides is 1. The van der Waals surface area contributed by atoms with Crippen LogP contribution in [0.25, 0.3) is 0 Å². The summed E-state index contributed by atoms with van der Waals surface area (Å²) in [6.45, 7) is 10.7. The highest BCUT2D eigenvalue weighted by atomic mass is 16.3. The summed E-state index contributed by atoms with van der Waals surface area (Å²) in [5.74, 6) is 1.16. The molecule has 0 aliphatic carbocycles. The average molecular weight is 373 g/mol. The van der Waals surface area contributed by atoms with Crippen LogP contribution in [0.2, 0.25) is 0 Å². The lowest BCUT2D eigenvalue weighted by Crippen LogP contribution is -2.73. The smallest absolute Gasteiger partial charge is 0.225 e. The van der Waals surface area contributed by atoms with Gasteiger partial charge in [0.15, 0.2) is 0 Å². The number of hydrogen-bond acceptors (Lipinski definition) is 5. The minimum absolute atomic E-state index is 0.122. The van der Waals surface area contributed by atoms with E-state index in [1.165, 1.54) is 5.56 Å². The topological polar surface area (TPSA) is 59.9 Å². The molecule has 0 unspecified atom stereocenters. The molecule has 3 fully saturated rings. The Hall–Kier alpha value is -1.66. The van der Waals surface area contributed by atoms with Gasteiger partial charge in [-0.15, -0.1) is 0 Å². The van der Waals surface area contributed by atoms with Crippen LogP contribution in [0.4, 0.5) is 5.82 Å². The molecule has 1 aromatic rings. The fraction of sp³-hybridized carbons (Fsp3) is 0.714. The maximum absolute atomic E-state index is 12.6. The minimum Gasteiger partial charge on any atom is -0.389 e. The molecule has 1 N–H and O–H groups in total. The Morgan fingerprint density at radius 1 is 1.15 bits per heavy atom. The summed E-state index contributed by atoms with van der Waals surface area (Å²) in [6, 6.07) is 4.25. The molecule has 6 nitrogen and oxygen atoms in total. The van der Waals surface area contributed by atoms with Crippen molar-refractivity contribution in [2.45, 2.75) is 45.1 Å². The SMILES string of the molecule is CCc1ccc(N2CC3(CN(C(=O)CC4(O)CCN(CC)CC4)C3)C2)nc1. The first-order valence-corrected chi connectivity index (χ1v) is 10.4. The van der Waals surface area contributed by atoms with Gasteiger partial charge in [0.25, 0.3) is 0 Å². The van der Waals surface area contributed by atoms with E-state index in [4.69, 9.17) is 0 Å². The summed E-state index contributed by atoms with van der Waals surface area (Å²) >= 11 is 0. The molecule has 0 radical (unpaired) electrons. The van der Waals surface area contributed by atoms with Crippen molar-refractivity contribution in [1.82, 2.24) is 14.8 Å². The van der Waals surface area contributed by atoms with Gasteiger partial charge in [-0.25, -0.2) is 4.98 Å². The quantitative estimate of drug-likeness (QED) is 0.849. The zero-order valence-corrected chi connectivity index (χ0v) is 16.7. The molecule has 4 rings (SSSR count). The summed E-state index contributed by atoms with van der Waals surface area (Å²) in [7, 11) is 0. The molecule has 4 heterocycles. The van der Waals surface area contributed by atoms with Crippen molar-refractivity contribution in [3.05, 3.63) is 23.9 Å². The normalized spacial score (nSPS) is 23.8. The molecule has 1 spiro atoms. The van der Waals surface area contributed by atoms with Crippen LogP contribution in [0.15, 0.2) is 18.3 Å². The number of pyridine rings is 1. The first-order chi connectivity index (χ1) is 12.9. The highest BCUT2D eigenvalue weighted by molar-refractivity contribution is 5.78. The van der Waals surface area contributed by atoms with E-state index in [1.807, 2.05) is 11.1 Å². The number of hydrogen-bond donors (Lipinski definition) is 1. The standard InChI is InChI=1S/C21H32N4O2/c1-3-17-5-6-18(22-12-17)24-13-20(14-24)15-25(16-20)19(26)11-21(27)7-9-23(4-2)10-8-21/h5-6,12,27H,3-4,7-11,13-16H2,1-2H3. The summed E-state index contributed by atoms with van der Waals surface area (Å²) in [4.78, 5) is 23.8. The Morgan fingerprint density at radius 3 is 2.41 bits per heavy atom. The molecule has 3 aliphatic rings. The van der Waals surface area contributed by atoms with Crippen molar-refractivity contribution in [2.24, 2.45) is 5.41 Å². The molecule has 6 heteroatoms. The van der Waals surface area contributed by atoms with Gasteiger partial charge in [0.05, 0.1) is 12.0 Å². The first-order valence-electron chi connectivity index (χ1n) is 10.4. The monoisotopic (exact) mass is 372 g/mol. The van der Waals surface area contributed by atoms with Crippen molar-refractivity contribution in [2.75, 3.05) is 50.7 Å². The van der Waals surface area contributed by atoms with Gasteiger partial charge >= 0.3 is 0 Å². The number of likely N-dealkylation sites (tertiary alicyclic amines) is 2. The van der Waals surface area contributed by atoms with E-state index >= 15 is 0 Å². The van der Waals surface area contributed by atoms with Gasteiger partial charge in [-0.1, -0.05) is 19.9 Å². The number of carbonyl (C=O) groups excluding carboxylic acids is 1. The van der Waals surface area contributed by atoms with E-state index < -0.39 is 5.60 Å². The Kier molecular flexibility index (Phi) is 4.89. The number of piperidine rings is 1. The van der Waals surface area contributed by atoms with Crippen LogP contribution in [0.5, 0.6) is 0 Å². The maximum atomic E-state index is 12.6. The highest BCUT2D eigenvalue weighted by Gasteiger charge is 2.54. The highest BCUT2D eigenvalue weighted by Crippen LogP contribution is 2.42. The van der Waals surface area contributed by atoms with Crippen molar-refractivity contribution in [1.29, 1.82) is 0 Å². The first kappa shape index (κ1) is 18.7. The van der Waals surface area contributed by atoms with Crippen LogP contribution in [0.1, 0.15) is 38.7 Å². The maximum Gasteiger partial charge on any atom is 0.225 e. The van der Waals surface area contributed by atoms with Crippen molar-refractivity contribution < 1.29 is 9.90 Å². The summed E-state index contributed by atoms with van der Waals surface area (Å²) < 4.78 is 0. The molecule has 1 aromatic heterocycles. The van der Waals surface area contributed by atoms with Crippen LogP contribution >= 0.6 is 0 Å². The third-order valence-corrected chi connectivity index (χ3v) is 6.71. The van der Waals surface area contributed by atoms with Crippen molar-refractivity contribution in [3.63, 3.8) is 0 Å². The molecule has 3 aliphatic heterocycles. The van der Waals surface area contributed by atoms with E-state index in [2.05, 4.69) is 40.8 Å². The second-order valence-corrected chi connectivity index (χ2v) is 8.82. The molecular formula is C21H32N4O2. The number of aryl methyl sites for hydroxylation is 1.